The first-order valence-electron chi connectivity index (χ1n) is 9.98. The number of aromatic nitrogens is 3. The van der Waals surface area contributed by atoms with Crippen molar-refractivity contribution in [3.05, 3.63) is 59.7 Å². The lowest BCUT2D eigenvalue weighted by atomic mass is 10.1. The number of carbonyl (C=O) groups is 1. The number of aryl methyl sites for hydroxylation is 2. The molecule has 1 aromatic heterocycles. The Labute approximate surface area is 176 Å². The molecule has 1 fully saturated rings. The average molecular weight is 407 g/mol. The summed E-state index contributed by atoms with van der Waals surface area (Å²) >= 11 is 1.45. The van der Waals surface area contributed by atoms with Crippen LogP contribution in [0.1, 0.15) is 24.0 Å². The van der Waals surface area contributed by atoms with Crippen molar-refractivity contribution in [1.29, 1.82) is 0 Å². The van der Waals surface area contributed by atoms with Crippen molar-refractivity contribution in [2.75, 3.05) is 19.3 Å². The fraction of sp³-hybridized carbons (Fsp3) is 0.348. The molecule has 0 atom stereocenters. The van der Waals surface area contributed by atoms with Gasteiger partial charge in [-0.3, -0.25) is 9.36 Å². The normalized spacial score (nSPS) is 13.5. The van der Waals surface area contributed by atoms with E-state index < -0.39 is 0 Å². The van der Waals surface area contributed by atoms with Crippen molar-refractivity contribution in [2.45, 2.75) is 31.8 Å². The third-order valence-corrected chi connectivity index (χ3v) is 6.31. The van der Waals surface area contributed by atoms with Gasteiger partial charge < -0.3 is 4.90 Å². The molecule has 4 rings (SSSR count). The Balaban J connectivity index is 1.63. The maximum absolute atomic E-state index is 12.6. The molecule has 1 aliphatic rings. The van der Waals surface area contributed by atoms with E-state index in [2.05, 4.69) is 46.8 Å². The molecule has 1 heterocycles. The van der Waals surface area contributed by atoms with Crippen LogP contribution in [0.2, 0.25) is 0 Å². The first kappa shape index (κ1) is 19.7. The minimum Gasteiger partial charge on any atom is -0.345 e. The molecule has 0 unspecified atom stereocenters. The zero-order chi connectivity index (χ0) is 20.4. The summed E-state index contributed by atoms with van der Waals surface area (Å²) in [5.41, 5.74) is 4.47. The monoisotopic (exact) mass is 406 g/mol. The zero-order valence-electron chi connectivity index (χ0n) is 17.1. The molecule has 0 aliphatic heterocycles. The maximum Gasteiger partial charge on any atom is 0.232 e. The molecular formula is C23H26N4OS. The Hall–Kier alpha value is -2.60. The predicted molar refractivity (Wildman–Crippen MR) is 117 cm³/mol. The fourth-order valence-electron chi connectivity index (χ4n) is 3.26. The Morgan fingerprint density at radius 3 is 2.55 bits per heavy atom. The van der Waals surface area contributed by atoms with Crippen molar-refractivity contribution in [1.82, 2.24) is 19.7 Å². The first-order valence-corrected chi connectivity index (χ1v) is 11.0. The summed E-state index contributed by atoms with van der Waals surface area (Å²) in [7, 11) is 1.89. The number of hydrogen-bond donors (Lipinski definition) is 0. The summed E-state index contributed by atoms with van der Waals surface area (Å²) in [6, 6.07) is 16.4. The quantitative estimate of drug-likeness (QED) is 0.542. The smallest absolute Gasteiger partial charge is 0.232 e. The van der Waals surface area contributed by atoms with E-state index in [4.69, 9.17) is 0 Å². The largest absolute Gasteiger partial charge is 0.345 e. The Morgan fingerprint density at radius 2 is 1.86 bits per heavy atom. The summed E-state index contributed by atoms with van der Waals surface area (Å²) in [6.45, 7) is 5.07. The molecular weight excluding hydrogens is 380 g/mol. The van der Waals surface area contributed by atoms with Crippen molar-refractivity contribution >= 4 is 17.7 Å². The predicted octanol–water partition coefficient (Wildman–Crippen LogP) is 4.51. The molecule has 29 heavy (non-hydrogen) atoms. The van der Waals surface area contributed by atoms with Gasteiger partial charge in [-0.05, 0) is 55.9 Å². The number of hydrogen-bond acceptors (Lipinski definition) is 4. The van der Waals surface area contributed by atoms with Crippen LogP contribution in [0.5, 0.6) is 0 Å². The standard InChI is InChI=1S/C23H26N4OS/c1-16-9-12-20(13-17(16)2)27-22(19-7-5-4-6-8-19)24-25-23(27)29-15-21(28)26(3)14-18-10-11-18/h4-9,12-13,18H,10-11,14-15H2,1-3H3. The number of rotatable bonds is 7. The number of benzene rings is 2. The van der Waals surface area contributed by atoms with E-state index in [1.165, 1.54) is 35.7 Å². The highest BCUT2D eigenvalue weighted by Crippen LogP contribution is 2.31. The van der Waals surface area contributed by atoms with Crippen LogP contribution in [0.25, 0.3) is 17.1 Å². The van der Waals surface area contributed by atoms with Gasteiger partial charge in [0.25, 0.3) is 0 Å². The van der Waals surface area contributed by atoms with Gasteiger partial charge in [0, 0.05) is 19.2 Å². The molecule has 150 valence electrons. The second-order valence-corrected chi connectivity index (χ2v) is 8.72. The van der Waals surface area contributed by atoms with Crippen LogP contribution in [-0.2, 0) is 4.79 Å². The minimum absolute atomic E-state index is 0.137. The third kappa shape index (κ3) is 4.53. The van der Waals surface area contributed by atoms with Gasteiger partial charge in [0.05, 0.1) is 11.4 Å². The lowest BCUT2D eigenvalue weighted by molar-refractivity contribution is -0.127. The van der Waals surface area contributed by atoms with E-state index in [9.17, 15) is 4.79 Å². The van der Waals surface area contributed by atoms with E-state index in [0.29, 0.717) is 11.7 Å². The number of thioether (sulfide) groups is 1. The summed E-state index contributed by atoms with van der Waals surface area (Å²) in [4.78, 5) is 14.4. The molecule has 1 amide bonds. The van der Waals surface area contributed by atoms with Gasteiger partial charge >= 0.3 is 0 Å². The van der Waals surface area contributed by atoms with Gasteiger partial charge in [-0.1, -0.05) is 48.2 Å². The minimum atomic E-state index is 0.137. The van der Waals surface area contributed by atoms with E-state index in [0.717, 1.165) is 28.8 Å². The second-order valence-electron chi connectivity index (χ2n) is 7.78. The molecule has 5 nitrogen and oxygen atoms in total. The molecule has 3 aromatic rings. The van der Waals surface area contributed by atoms with Gasteiger partial charge in [-0.15, -0.1) is 10.2 Å². The van der Waals surface area contributed by atoms with Crippen LogP contribution >= 0.6 is 11.8 Å². The lowest BCUT2D eigenvalue weighted by Gasteiger charge is -2.16. The Kier molecular flexibility index (Phi) is 5.72. The fourth-order valence-corrected chi connectivity index (χ4v) is 4.15. The van der Waals surface area contributed by atoms with Gasteiger partial charge in [-0.25, -0.2) is 0 Å². The van der Waals surface area contributed by atoms with Crippen molar-refractivity contribution in [3.8, 4) is 17.1 Å². The highest BCUT2D eigenvalue weighted by Gasteiger charge is 2.25. The zero-order valence-corrected chi connectivity index (χ0v) is 17.9. The Bertz CT molecular complexity index is 1010. The van der Waals surface area contributed by atoms with Crippen LogP contribution in [-0.4, -0.2) is 44.9 Å². The SMILES string of the molecule is Cc1ccc(-n2c(SCC(=O)N(C)CC3CC3)nnc2-c2ccccc2)cc1C. The molecule has 0 saturated heterocycles. The van der Waals surface area contributed by atoms with Crippen LogP contribution in [0.4, 0.5) is 0 Å². The second kappa shape index (κ2) is 8.41. The summed E-state index contributed by atoms with van der Waals surface area (Å²) in [5, 5.41) is 9.63. The highest BCUT2D eigenvalue weighted by molar-refractivity contribution is 7.99. The summed E-state index contributed by atoms with van der Waals surface area (Å²) in [5.74, 6) is 1.98. The highest BCUT2D eigenvalue weighted by atomic mass is 32.2. The van der Waals surface area contributed by atoms with E-state index >= 15 is 0 Å². The number of nitrogens with zero attached hydrogens (tertiary/aromatic N) is 4. The topological polar surface area (TPSA) is 51.0 Å². The number of amides is 1. The number of carbonyl (C=O) groups excluding carboxylic acids is 1. The Morgan fingerprint density at radius 1 is 1.10 bits per heavy atom. The van der Waals surface area contributed by atoms with E-state index in [1.54, 1.807) is 0 Å². The molecule has 0 N–H and O–H groups in total. The lowest BCUT2D eigenvalue weighted by Crippen LogP contribution is -2.30. The molecule has 0 radical (unpaired) electrons. The molecule has 2 aromatic carbocycles. The van der Waals surface area contributed by atoms with Crippen molar-refractivity contribution in [2.24, 2.45) is 5.92 Å². The van der Waals surface area contributed by atoms with E-state index in [-0.39, 0.29) is 5.91 Å². The molecule has 1 aliphatic carbocycles. The van der Waals surface area contributed by atoms with Crippen LogP contribution in [0.15, 0.2) is 53.7 Å². The van der Waals surface area contributed by atoms with Gasteiger partial charge in [-0.2, -0.15) is 0 Å². The molecule has 0 spiro atoms. The van der Waals surface area contributed by atoms with Crippen LogP contribution in [0.3, 0.4) is 0 Å². The molecule has 6 heteroatoms. The average Bonchev–Trinajstić information content (AvgIpc) is 3.44. The van der Waals surface area contributed by atoms with Gasteiger partial charge in [0.1, 0.15) is 0 Å². The third-order valence-electron chi connectivity index (χ3n) is 5.39. The van der Waals surface area contributed by atoms with Gasteiger partial charge in [0.15, 0.2) is 11.0 Å². The van der Waals surface area contributed by atoms with Crippen LogP contribution in [0, 0.1) is 19.8 Å². The van der Waals surface area contributed by atoms with Crippen molar-refractivity contribution in [3.63, 3.8) is 0 Å². The maximum atomic E-state index is 12.6. The van der Waals surface area contributed by atoms with E-state index in [1.807, 2.05) is 42.3 Å². The first-order chi connectivity index (χ1) is 14.0. The molecule has 1 saturated carbocycles. The molecule has 0 bridgehead atoms. The van der Waals surface area contributed by atoms with Crippen molar-refractivity contribution < 1.29 is 4.79 Å². The summed E-state index contributed by atoms with van der Waals surface area (Å²) < 4.78 is 2.06. The van der Waals surface area contributed by atoms with Crippen LogP contribution < -0.4 is 0 Å². The summed E-state index contributed by atoms with van der Waals surface area (Å²) in [6.07, 6.45) is 2.48. The van der Waals surface area contributed by atoms with Gasteiger partial charge in [0.2, 0.25) is 5.91 Å².